The highest BCUT2D eigenvalue weighted by Crippen LogP contribution is 2.39. The van der Waals surface area contributed by atoms with Crippen molar-refractivity contribution >= 4 is 14.2 Å². The van der Waals surface area contributed by atoms with Crippen molar-refractivity contribution in [2.24, 2.45) is 0 Å². The summed E-state index contributed by atoms with van der Waals surface area (Å²) >= 11 is 0. The first-order valence-electron chi connectivity index (χ1n) is 6.62. The van der Waals surface area contributed by atoms with E-state index < -0.39 is 7.12 Å². The molecule has 1 fully saturated rings. The van der Waals surface area contributed by atoms with Gasteiger partial charge in [0.1, 0.15) is 0 Å². The zero-order valence-corrected chi connectivity index (χ0v) is 13.0. The van der Waals surface area contributed by atoms with E-state index in [9.17, 15) is 0 Å². The molecular weight excluding hydrogens is 242 g/mol. The average Bonchev–Trinajstić information content (AvgIpc) is 2.37. The third kappa shape index (κ3) is 6.30. The Morgan fingerprint density at radius 1 is 0.895 bits per heavy atom. The molecule has 1 aliphatic heterocycles. The van der Waals surface area contributed by atoms with Gasteiger partial charge in [-0.1, -0.05) is 35.1 Å². The van der Waals surface area contributed by atoms with Crippen LogP contribution < -0.4 is 0 Å². The Morgan fingerprint density at radius 2 is 1.16 bits per heavy atom. The van der Waals surface area contributed by atoms with Crippen molar-refractivity contribution in [2.45, 2.75) is 85.7 Å². The second kappa shape index (κ2) is 7.67. The lowest BCUT2D eigenvalue weighted by molar-refractivity contribution is 0.00578. The quantitative estimate of drug-likeness (QED) is 0.760. The van der Waals surface area contributed by atoms with Crippen LogP contribution in [0.5, 0.6) is 0 Å². The van der Waals surface area contributed by atoms with Gasteiger partial charge < -0.3 is 19.4 Å². The fourth-order valence-electron chi connectivity index (χ4n) is 1.16. The molecule has 0 atom stereocenters. The second-order valence-corrected chi connectivity index (χ2v) is 6.53. The fourth-order valence-corrected chi connectivity index (χ4v) is 1.16. The standard InChI is InChI=1S/C9H19BO2.C3H9BO2.CH4/c1-7(2)10-11-8(3,4)9(5,6)12-10;1-3(2)4(5)6;/h7H,1-6H3;3,5-6H,1-2H3;1H4. The molecule has 0 aromatic rings. The summed E-state index contributed by atoms with van der Waals surface area (Å²) in [5.41, 5.74) is -0.357. The largest absolute Gasteiger partial charge is 0.460 e. The Hall–Kier alpha value is -0.0301. The van der Waals surface area contributed by atoms with Gasteiger partial charge in [0.2, 0.25) is 0 Å². The maximum Gasteiger partial charge on any atom is 0.460 e. The molecule has 114 valence electrons. The van der Waals surface area contributed by atoms with E-state index in [4.69, 9.17) is 19.4 Å². The highest BCUT2D eigenvalue weighted by atomic mass is 16.7. The number of hydrogen-bond donors (Lipinski definition) is 2. The summed E-state index contributed by atoms with van der Waals surface area (Å²) in [4.78, 5) is 0. The van der Waals surface area contributed by atoms with Crippen LogP contribution in [0.25, 0.3) is 0 Å². The van der Waals surface area contributed by atoms with Gasteiger partial charge >= 0.3 is 14.2 Å². The van der Waals surface area contributed by atoms with Gasteiger partial charge in [-0.15, -0.1) is 0 Å². The maximum absolute atomic E-state index is 8.19. The molecule has 0 saturated carbocycles. The first kappa shape index (κ1) is 21.3. The van der Waals surface area contributed by atoms with Crippen molar-refractivity contribution in [2.75, 3.05) is 0 Å². The smallest absolute Gasteiger partial charge is 0.427 e. The molecule has 0 spiro atoms. The first-order chi connectivity index (χ1) is 7.90. The first-order valence-corrected chi connectivity index (χ1v) is 6.62. The molecule has 1 rings (SSSR count). The average molecular weight is 274 g/mol. The molecule has 0 aliphatic carbocycles. The Bertz CT molecular complexity index is 231. The van der Waals surface area contributed by atoms with Crippen LogP contribution in [0, 0.1) is 0 Å². The van der Waals surface area contributed by atoms with Crippen LogP contribution in [0.1, 0.15) is 62.8 Å². The van der Waals surface area contributed by atoms with E-state index in [0.717, 1.165) is 0 Å². The molecule has 0 radical (unpaired) electrons. The summed E-state index contributed by atoms with van der Waals surface area (Å²) in [6.45, 7) is 16.0. The minimum absolute atomic E-state index is 0. The molecule has 19 heavy (non-hydrogen) atoms. The van der Waals surface area contributed by atoms with Gasteiger partial charge in [0, 0.05) is 0 Å². The zero-order valence-electron chi connectivity index (χ0n) is 13.0. The summed E-state index contributed by atoms with van der Waals surface area (Å²) < 4.78 is 11.6. The number of hydrogen-bond acceptors (Lipinski definition) is 4. The normalized spacial score (nSPS) is 19.9. The minimum Gasteiger partial charge on any atom is -0.427 e. The summed E-state index contributed by atoms with van der Waals surface area (Å²) in [5.74, 6) is 0.385. The van der Waals surface area contributed by atoms with Crippen LogP contribution in [0.4, 0.5) is 0 Å². The minimum atomic E-state index is -1.15. The summed E-state index contributed by atoms with van der Waals surface area (Å²) in [6, 6.07) is 0. The SMILES string of the molecule is C.CC(C)B(O)O.CC(C)B1OC(C)(C)C(C)(C)O1. The Labute approximate surface area is 120 Å². The van der Waals surface area contributed by atoms with Crippen molar-refractivity contribution in [3.8, 4) is 0 Å². The molecule has 1 heterocycles. The van der Waals surface area contributed by atoms with Gasteiger partial charge in [-0.2, -0.15) is 0 Å². The predicted molar refractivity (Wildman–Crippen MR) is 83.2 cm³/mol. The molecule has 1 saturated heterocycles. The molecule has 0 bridgehead atoms. The molecule has 1 aliphatic rings. The maximum atomic E-state index is 8.19. The predicted octanol–water partition coefficient (Wildman–Crippen LogP) is 2.99. The molecule has 4 nitrogen and oxygen atoms in total. The summed E-state index contributed by atoms with van der Waals surface area (Å²) in [5, 5.41) is 16.4. The lowest BCUT2D eigenvalue weighted by Crippen LogP contribution is -2.41. The van der Waals surface area contributed by atoms with Gasteiger partial charge in [-0.25, -0.2) is 0 Å². The number of rotatable bonds is 2. The van der Waals surface area contributed by atoms with Gasteiger partial charge in [-0.05, 0) is 39.3 Å². The Balaban J connectivity index is 0. The topological polar surface area (TPSA) is 58.9 Å². The monoisotopic (exact) mass is 274 g/mol. The van der Waals surface area contributed by atoms with E-state index in [0.29, 0.717) is 5.82 Å². The van der Waals surface area contributed by atoms with Crippen LogP contribution >= 0.6 is 0 Å². The van der Waals surface area contributed by atoms with Crippen molar-refractivity contribution in [3.05, 3.63) is 0 Å². The van der Waals surface area contributed by atoms with Crippen LogP contribution in [0.3, 0.4) is 0 Å². The fraction of sp³-hybridized carbons (Fsp3) is 1.00. The molecule has 2 N–H and O–H groups in total. The van der Waals surface area contributed by atoms with Crippen molar-refractivity contribution in [1.82, 2.24) is 0 Å². The summed E-state index contributed by atoms with van der Waals surface area (Å²) in [6.07, 6.45) is 0. The van der Waals surface area contributed by atoms with Gasteiger partial charge in [0.25, 0.3) is 0 Å². The van der Waals surface area contributed by atoms with Crippen LogP contribution in [0.15, 0.2) is 0 Å². The van der Waals surface area contributed by atoms with E-state index in [1.165, 1.54) is 0 Å². The van der Waals surface area contributed by atoms with Crippen molar-refractivity contribution in [1.29, 1.82) is 0 Å². The van der Waals surface area contributed by atoms with E-state index in [1.54, 1.807) is 13.8 Å². The molecular formula is C13H32B2O4. The van der Waals surface area contributed by atoms with Gasteiger partial charge in [0.15, 0.2) is 0 Å². The lowest BCUT2D eigenvalue weighted by Gasteiger charge is -2.32. The van der Waals surface area contributed by atoms with E-state index in [-0.39, 0.29) is 31.6 Å². The molecule has 0 amide bonds. The third-order valence-corrected chi connectivity index (χ3v) is 3.41. The van der Waals surface area contributed by atoms with Crippen molar-refractivity contribution < 1.29 is 19.4 Å². The summed E-state index contributed by atoms with van der Waals surface area (Å²) in [7, 11) is -1.19. The Kier molecular flexibility index (Phi) is 8.59. The second-order valence-electron chi connectivity index (χ2n) is 6.53. The molecule has 0 unspecified atom stereocenters. The van der Waals surface area contributed by atoms with Crippen LogP contribution in [-0.2, 0) is 9.31 Å². The highest BCUT2D eigenvalue weighted by Gasteiger charge is 2.51. The zero-order chi connectivity index (χ0) is 14.7. The lowest BCUT2D eigenvalue weighted by atomic mass is 9.75. The van der Waals surface area contributed by atoms with Crippen LogP contribution in [0.2, 0.25) is 11.6 Å². The van der Waals surface area contributed by atoms with Gasteiger partial charge in [0.05, 0.1) is 11.2 Å². The molecule has 0 aromatic heterocycles. The van der Waals surface area contributed by atoms with E-state index in [2.05, 4.69) is 41.5 Å². The van der Waals surface area contributed by atoms with E-state index in [1.807, 2.05) is 0 Å². The Morgan fingerprint density at radius 3 is 1.26 bits per heavy atom. The molecule has 0 aromatic carbocycles. The van der Waals surface area contributed by atoms with Gasteiger partial charge in [-0.3, -0.25) is 0 Å². The molecule has 6 heteroatoms. The van der Waals surface area contributed by atoms with Crippen molar-refractivity contribution in [3.63, 3.8) is 0 Å². The third-order valence-electron chi connectivity index (χ3n) is 3.41. The van der Waals surface area contributed by atoms with E-state index >= 15 is 0 Å². The van der Waals surface area contributed by atoms with Crippen LogP contribution in [-0.4, -0.2) is 35.5 Å². The highest BCUT2D eigenvalue weighted by molar-refractivity contribution is 6.47.